The van der Waals surface area contributed by atoms with Crippen LogP contribution < -0.4 is 0 Å². The SMILES string of the molecule is CCCCC/C=C\C/C=C\CC/C=C/CCCCC(CCCCCCCC/C=C\C/C=C\CCCCC)OC(=O)CCCN(C)C. The number of hydrogen-bond acceptors (Lipinski definition) is 3. The summed E-state index contributed by atoms with van der Waals surface area (Å²) in [7, 11) is 4.11. The van der Waals surface area contributed by atoms with Crippen molar-refractivity contribution < 1.29 is 9.53 Å². The van der Waals surface area contributed by atoms with Crippen molar-refractivity contribution in [1.82, 2.24) is 4.90 Å². The lowest BCUT2D eigenvalue weighted by Crippen LogP contribution is -2.20. The van der Waals surface area contributed by atoms with Gasteiger partial charge < -0.3 is 9.64 Å². The van der Waals surface area contributed by atoms with Crippen molar-refractivity contribution in [2.24, 2.45) is 0 Å². The van der Waals surface area contributed by atoms with E-state index in [2.05, 4.69) is 93.6 Å². The Morgan fingerprint density at radius 3 is 1.41 bits per heavy atom. The van der Waals surface area contributed by atoms with Gasteiger partial charge in [0.2, 0.25) is 0 Å². The maximum Gasteiger partial charge on any atom is 0.306 e. The Hall–Kier alpha value is -1.87. The third-order valence-corrected chi connectivity index (χ3v) is 8.40. The van der Waals surface area contributed by atoms with Crippen molar-refractivity contribution in [2.45, 2.75) is 187 Å². The molecular formula is C43H77NO2. The Labute approximate surface area is 288 Å². The fourth-order valence-corrected chi connectivity index (χ4v) is 5.49. The van der Waals surface area contributed by atoms with Crippen LogP contribution in [0.15, 0.2) is 60.8 Å². The van der Waals surface area contributed by atoms with E-state index < -0.39 is 0 Å². The molecule has 46 heavy (non-hydrogen) atoms. The summed E-state index contributed by atoms with van der Waals surface area (Å²) >= 11 is 0. The molecule has 1 unspecified atom stereocenters. The minimum absolute atomic E-state index is 0.00757. The van der Waals surface area contributed by atoms with E-state index in [0.29, 0.717) is 6.42 Å². The van der Waals surface area contributed by atoms with Gasteiger partial charge in [-0.2, -0.15) is 0 Å². The van der Waals surface area contributed by atoms with Crippen LogP contribution >= 0.6 is 0 Å². The highest BCUT2D eigenvalue weighted by atomic mass is 16.5. The second-order valence-electron chi connectivity index (χ2n) is 13.4. The Morgan fingerprint density at radius 2 is 0.891 bits per heavy atom. The van der Waals surface area contributed by atoms with Gasteiger partial charge in [-0.1, -0.05) is 126 Å². The number of hydrogen-bond donors (Lipinski definition) is 0. The van der Waals surface area contributed by atoms with Crippen LogP contribution in [0.3, 0.4) is 0 Å². The van der Waals surface area contributed by atoms with Crippen LogP contribution in [-0.4, -0.2) is 37.6 Å². The van der Waals surface area contributed by atoms with Crippen molar-refractivity contribution in [3.05, 3.63) is 60.8 Å². The molecule has 0 N–H and O–H groups in total. The second-order valence-corrected chi connectivity index (χ2v) is 13.4. The molecule has 1 atom stereocenters. The first-order valence-corrected chi connectivity index (χ1v) is 19.7. The lowest BCUT2D eigenvalue weighted by Gasteiger charge is -2.18. The molecule has 0 rings (SSSR count). The number of ether oxygens (including phenoxy) is 1. The summed E-state index contributed by atoms with van der Waals surface area (Å²) in [6, 6.07) is 0. The van der Waals surface area contributed by atoms with Gasteiger partial charge in [0, 0.05) is 6.42 Å². The normalized spacial score (nSPS) is 13.2. The monoisotopic (exact) mass is 640 g/mol. The number of nitrogens with zero attached hydrogens (tertiary/aromatic N) is 1. The molecule has 266 valence electrons. The number of allylic oxidation sites excluding steroid dienone is 10. The molecule has 0 bridgehead atoms. The number of rotatable bonds is 34. The minimum Gasteiger partial charge on any atom is -0.462 e. The molecule has 0 aliphatic carbocycles. The maximum atomic E-state index is 12.5. The first-order valence-electron chi connectivity index (χ1n) is 19.7. The molecule has 0 aromatic carbocycles. The third kappa shape index (κ3) is 36.6. The summed E-state index contributed by atoms with van der Waals surface area (Å²) in [5.41, 5.74) is 0. The summed E-state index contributed by atoms with van der Waals surface area (Å²) in [4.78, 5) is 14.6. The summed E-state index contributed by atoms with van der Waals surface area (Å²) in [6.45, 7) is 5.45. The van der Waals surface area contributed by atoms with Crippen LogP contribution in [0, 0.1) is 0 Å². The van der Waals surface area contributed by atoms with E-state index in [-0.39, 0.29) is 12.1 Å². The number of carbonyl (C=O) groups is 1. The van der Waals surface area contributed by atoms with Crippen molar-refractivity contribution in [3.63, 3.8) is 0 Å². The molecule has 0 radical (unpaired) electrons. The lowest BCUT2D eigenvalue weighted by atomic mass is 10.0. The van der Waals surface area contributed by atoms with E-state index in [0.717, 1.165) is 64.3 Å². The predicted octanol–water partition coefficient (Wildman–Crippen LogP) is 13.4. The molecule has 0 spiro atoms. The molecule has 0 amide bonds. The fourth-order valence-electron chi connectivity index (χ4n) is 5.49. The van der Waals surface area contributed by atoms with E-state index >= 15 is 0 Å². The summed E-state index contributed by atoms with van der Waals surface area (Å²) < 4.78 is 5.98. The lowest BCUT2D eigenvalue weighted by molar-refractivity contribution is -0.150. The standard InChI is InChI=1S/C43H77NO2/c1-5-7-9-11-13-15-17-19-21-23-25-27-29-31-33-35-38-42(46-43(45)40-37-41-44(3)4)39-36-34-32-30-28-26-24-22-20-18-16-14-12-10-8-6-2/h13-16,19-22,27,29,42H,5-12,17-18,23-26,28,30-41H2,1-4H3/b15-13-,16-14-,21-19-,22-20-,29-27+. The van der Waals surface area contributed by atoms with Crippen LogP contribution in [0.1, 0.15) is 181 Å². The largest absolute Gasteiger partial charge is 0.462 e. The highest BCUT2D eigenvalue weighted by Gasteiger charge is 2.14. The Morgan fingerprint density at radius 1 is 0.500 bits per heavy atom. The Kier molecular flexibility index (Phi) is 36.1. The predicted molar refractivity (Wildman–Crippen MR) is 206 cm³/mol. The van der Waals surface area contributed by atoms with E-state index in [1.54, 1.807) is 0 Å². The van der Waals surface area contributed by atoms with Gasteiger partial charge in [-0.3, -0.25) is 4.79 Å². The van der Waals surface area contributed by atoms with Gasteiger partial charge in [-0.25, -0.2) is 0 Å². The van der Waals surface area contributed by atoms with Gasteiger partial charge in [0.1, 0.15) is 6.10 Å². The molecule has 0 saturated heterocycles. The van der Waals surface area contributed by atoms with Crippen LogP contribution in [0.2, 0.25) is 0 Å². The highest BCUT2D eigenvalue weighted by molar-refractivity contribution is 5.69. The number of unbranched alkanes of at least 4 members (excludes halogenated alkanes) is 15. The third-order valence-electron chi connectivity index (χ3n) is 8.40. The molecule has 0 heterocycles. The average molecular weight is 640 g/mol. The van der Waals surface area contributed by atoms with Crippen molar-refractivity contribution >= 4 is 5.97 Å². The Balaban J connectivity index is 4.09. The van der Waals surface area contributed by atoms with Crippen LogP contribution in [0.5, 0.6) is 0 Å². The molecule has 0 fully saturated rings. The molecule has 0 aliphatic heterocycles. The van der Waals surface area contributed by atoms with Gasteiger partial charge in [0.15, 0.2) is 0 Å². The zero-order valence-electron chi connectivity index (χ0n) is 31.2. The van der Waals surface area contributed by atoms with E-state index in [1.807, 2.05) is 0 Å². The van der Waals surface area contributed by atoms with Crippen molar-refractivity contribution in [3.8, 4) is 0 Å². The summed E-state index contributed by atoms with van der Waals surface area (Å²) in [5.74, 6) is -0.00757. The first-order chi connectivity index (χ1) is 22.6. The van der Waals surface area contributed by atoms with E-state index in [1.165, 1.54) is 103 Å². The Bertz CT molecular complexity index is 776. The van der Waals surface area contributed by atoms with Crippen LogP contribution in [0.4, 0.5) is 0 Å². The molecule has 0 aromatic rings. The quantitative estimate of drug-likeness (QED) is 0.0398. The topological polar surface area (TPSA) is 29.5 Å². The van der Waals surface area contributed by atoms with Crippen LogP contribution in [-0.2, 0) is 9.53 Å². The number of esters is 1. The van der Waals surface area contributed by atoms with Crippen molar-refractivity contribution in [2.75, 3.05) is 20.6 Å². The zero-order valence-corrected chi connectivity index (χ0v) is 31.2. The van der Waals surface area contributed by atoms with Gasteiger partial charge in [0.25, 0.3) is 0 Å². The smallest absolute Gasteiger partial charge is 0.306 e. The molecule has 3 nitrogen and oxygen atoms in total. The van der Waals surface area contributed by atoms with E-state index in [9.17, 15) is 4.79 Å². The van der Waals surface area contributed by atoms with Gasteiger partial charge in [-0.05, 0) is 130 Å². The van der Waals surface area contributed by atoms with Crippen LogP contribution in [0.25, 0.3) is 0 Å². The molecule has 3 heteroatoms. The average Bonchev–Trinajstić information content (AvgIpc) is 3.04. The van der Waals surface area contributed by atoms with Gasteiger partial charge >= 0.3 is 5.97 Å². The second kappa shape index (κ2) is 37.6. The maximum absolute atomic E-state index is 12.5. The van der Waals surface area contributed by atoms with Gasteiger partial charge in [-0.15, -0.1) is 0 Å². The number of carbonyl (C=O) groups excluding carboxylic acids is 1. The highest BCUT2D eigenvalue weighted by Crippen LogP contribution is 2.17. The van der Waals surface area contributed by atoms with Gasteiger partial charge in [0.05, 0.1) is 0 Å². The molecular weight excluding hydrogens is 562 g/mol. The zero-order chi connectivity index (χ0) is 33.6. The molecule has 0 aromatic heterocycles. The molecule has 0 saturated carbocycles. The summed E-state index contributed by atoms with van der Waals surface area (Å²) in [6.07, 6.45) is 53.8. The fraction of sp³-hybridized carbons (Fsp3) is 0.744. The van der Waals surface area contributed by atoms with E-state index in [4.69, 9.17) is 4.74 Å². The minimum atomic E-state index is -0.00757. The van der Waals surface area contributed by atoms with Crippen molar-refractivity contribution in [1.29, 1.82) is 0 Å². The first kappa shape index (κ1) is 44.1. The summed E-state index contributed by atoms with van der Waals surface area (Å²) in [5, 5.41) is 0. The molecule has 0 aliphatic rings.